The predicted molar refractivity (Wildman–Crippen MR) is 98.4 cm³/mol. The van der Waals surface area contributed by atoms with E-state index in [1.165, 1.54) is 0 Å². The minimum Gasteiger partial charge on any atom is -0.355 e. The molecule has 0 radical (unpaired) electrons. The topological polar surface area (TPSA) is 114 Å². The van der Waals surface area contributed by atoms with Gasteiger partial charge in [0.2, 0.25) is 5.91 Å². The summed E-state index contributed by atoms with van der Waals surface area (Å²) in [5, 5.41) is 2.84. The van der Waals surface area contributed by atoms with Gasteiger partial charge in [0.25, 0.3) is 10.0 Å². The van der Waals surface area contributed by atoms with E-state index >= 15 is 0 Å². The van der Waals surface area contributed by atoms with Crippen molar-refractivity contribution in [3.8, 4) is 0 Å². The molecule has 4 N–H and O–H groups in total. The average molecular weight is 387 g/mol. The van der Waals surface area contributed by atoms with E-state index < -0.39 is 10.0 Å². The van der Waals surface area contributed by atoms with E-state index in [1.54, 1.807) is 24.3 Å². The van der Waals surface area contributed by atoms with Gasteiger partial charge in [-0.25, -0.2) is 8.42 Å². The molecule has 138 valence electrons. The molecule has 25 heavy (non-hydrogen) atoms. The van der Waals surface area contributed by atoms with Crippen LogP contribution in [0.2, 0.25) is 0 Å². The fraction of sp³-hybridized carbons (Fsp3) is 0.500. The molecule has 0 spiro atoms. The van der Waals surface area contributed by atoms with E-state index in [0.29, 0.717) is 43.2 Å². The zero-order chi connectivity index (χ0) is 17.2. The van der Waals surface area contributed by atoms with Crippen molar-refractivity contribution in [2.24, 2.45) is 16.6 Å². The molecule has 2 aliphatic rings. The van der Waals surface area contributed by atoms with Crippen molar-refractivity contribution in [3.05, 3.63) is 29.8 Å². The van der Waals surface area contributed by atoms with Gasteiger partial charge in [0, 0.05) is 31.1 Å². The van der Waals surface area contributed by atoms with Crippen molar-refractivity contribution in [3.63, 3.8) is 0 Å². The van der Waals surface area contributed by atoms with Gasteiger partial charge in [0.1, 0.15) is 5.84 Å². The highest BCUT2D eigenvalue weighted by Gasteiger charge is 2.30. The Labute approximate surface area is 153 Å². The van der Waals surface area contributed by atoms with Crippen molar-refractivity contribution < 1.29 is 13.2 Å². The molecule has 1 aliphatic heterocycles. The number of halogens is 1. The number of carbonyl (C=O) groups excluding carboxylic acids is 1. The third kappa shape index (κ3) is 4.93. The molecule has 0 bridgehead atoms. The summed E-state index contributed by atoms with van der Waals surface area (Å²) in [4.78, 5) is 16.3. The highest BCUT2D eigenvalue weighted by molar-refractivity contribution is 7.90. The molecule has 3 rings (SSSR count). The van der Waals surface area contributed by atoms with Crippen molar-refractivity contribution >= 4 is 34.2 Å². The molecule has 1 aromatic carbocycles. The molecule has 1 fully saturated rings. The average Bonchev–Trinajstić information content (AvgIpc) is 3.37. The van der Waals surface area contributed by atoms with Gasteiger partial charge in [-0.2, -0.15) is 0 Å². The van der Waals surface area contributed by atoms with Crippen LogP contribution in [0, 0.1) is 5.92 Å². The van der Waals surface area contributed by atoms with Gasteiger partial charge in [0.15, 0.2) is 0 Å². The van der Waals surface area contributed by atoms with Crippen LogP contribution in [-0.4, -0.2) is 39.3 Å². The molecular weight excluding hydrogens is 364 g/mol. The van der Waals surface area contributed by atoms with Crippen LogP contribution in [0.15, 0.2) is 34.2 Å². The van der Waals surface area contributed by atoms with Crippen LogP contribution in [0.4, 0.5) is 0 Å². The second-order valence-electron chi connectivity index (χ2n) is 6.24. The lowest BCUT2D eigenvalue weighted by Gasteiger charge is -2.11. The first kappa shape index (κ1) is 19.7. The number of rotatable bonds is 7. The number of nitrogens with one attached hydrogen (secondary N) is 2. The number of carbonyl (C=O) groups is 1. The maximum atomic E-state index is 11.9. The van der Waals surface area contributed by atoms with Crippen LogP contribution in [-0.2, 0) is 14.8 Å². The molecule has 1 heterocycles. The van der Waals surface area contributed by atoms with Gasteiger partial charge in [-0.05, 0) is 37.3 Å². The zero-order valence-corrected chi connectivity index (χ0v) is 15.4. The molecule has 1 amide bonds. The second kappa shape index (κ2) is 8.16. The summed E-state index contributed by atoms with van der Waals surface area (Å²) in [6.45, 7) is 0.902. The first-order valence-corrected chi connectivity index (χ1v) is 9.64. The Morgan fingerprint density at radius 3 is 2.80 bits per heavy atom. The Hall–Kier alpha value is -1.64. The lowest BCUT2D eigenvalue weighted by atomic mass is 10.2. The number of amides is 1. The molecule has 0 aromatic heterocycles. The van der Waals surface area contributed by atoms with E-state index in [4.69, 9.17) is 5.73 Å². The summed E-state index contributed by atoms with van der Waals surface area (Å²) in [7, 11) is -3.50. The minimum atomic E-state index is -3.50. The molecule has 1 atom stereocenters. The van der Waals surface area contributed by atoms with Crippen molar-refractivity contribution in [2.75, 3.05) is 13.1 Å². The summed E-state index contributed by atoms with van der Waals surface area (Å²) in [6.07, 6.45) is 3.22. The quantitative estimate of drug-likeness (QED) is 0.601. The molecule has 0 saturated heterocycles. The van der Waals surface area contributed by atoms with E-state index in [-0.39, 0.29) is 29.3 Å². The number of nitrogens with zero attached hydrogens (tertiary/aromatic N) is 1. The monoisotopic (exact) mass is 386 g/mol. The Morgan fingerprint density at radius 2 is 2.08 bits per heavy atom. The Balaban J connectivity index is 0.00000225. The lowest BCUT2D eigenvalue weighted by molar-refractivity contribution is -0.121. The Bertz CT molecular complexity index is 762. The van der Waals surface area contributed by atoms with Crippen LogP contribution < -0.4 is 15.8 Å². The molecule has 9 heteroatoms. The predicted octanol–water partition coefficient (Wildman–Crippen LogP) is 0.781. The number of nitrogens with two attached hydrogens (primary N) is 1. The molecule has 1 aliphatic carbocycles. The third-order valence-electron chi connectivity index (χ3n) is 4.26. The smallest absolute Gasteiger partial charge is 0.263 e. The minimum absolute atomic E-state index is 0. The maximum absolute atomic E-state index is 11.9. The normalized spacial score (nSPS) is 20.3. The maximum Gasteiger partial charge on any atom is 0.263 e. The van der Waals surface area contributed by atoms with Gasteiger partial charge in [0.05, 0.1) is 4.90 Å². The number of hydrogen-bond acceptors (Lipinski definition) is 5. The number of benzene rings is 1. The van der Waals surface area contributed by atoms with Gasteiger partial charge >= 0.3 is 0 Å². The lowest BCUT2D eigenvalue weighted by Crippen LogP contribution is -2.38. The van der Waals surface area contributed by atoms with Crippen molar-refractivity contribution in [2.45, 2.75) is 36.6 Å². The fourth-order valence-corrected chi connectivity index (χ4v) is 3.94. The first-order chi connectivity index (χ1) is 11.5. The number of amidine groups is 1. The van der Waals surface area contributed by atoms with E-state index in [9.17, 15) is 13.2 Å². The van der Waals surface area contributed by atoms with Gasteiger partial charge in [-0.3, -0.25) is 14.5 Å². The molecular formula is C16H23ClN4O3S. The molecule has 1 aromatic rings. The SMILES string of the molecule is Cl.NC(CNC(=O)CCCN=C1NS(=O)(=O)c2ccccc21)C1CC1. The van der Waals surface area contributed by atoms with E-state index in [2.05, 4.69) is 15.0 Å². The number of sulfonamides is 1. The summed E-state index contributed by atoms with van der Waals surface area (Å²) < 4.78 is 26.3. The summed E-state index contributed by atoms with van der Waals surface area (Å²) >= 11 is 0. The van der Waals surface area contributed by atoms with Gasteiger partial charge in [-0.15, -0.1) is 12.4 Å². The fourth-order valence-electron chi connectivity index (χ4n) is 2.69. The van der Waals surface area contributed by atoms with Crippen molar-refractivity contribution in [1.29, 1.82) is 0 Å². The van der Waals surface area contributed by atoms with Crippen LogP contribution >= 0.6 is 12.4 Å². The zero-order valence-electron chi connectivity index (χ0n) is 13.8. The number of aliphatic imine (C=N–C) groups is 1. The number of fused-ring (bicyclic) bond motifs is 1. The Kier molecular flexibility index (Phi) is 6.42. The largest absolute Gasteiger partial charge is 0.355 e. The summed E-state index contributed by atoms with van der Waals surface area (Å²) in [5.41, 5.74) is 6.51. The van der Waals surface area contributed by atoms with Crippen LogP contribution in [0.5, 0.6) is 0 Å². The van der Waals surface area contributed by atoms with Crippen LogP contribution in [0.3, 0.4) is 0 Å². The molecule has 7 nitrogen and oxygen atoms in total. The van der Waals surface area contributed by atoms with Crippen LogP contribution in [0.1, 0.15) is 31.2 Å². The standard InChI is InChI=1S/C16H22N4O3S.ClH/c17-13(11-7-8-11)10-19-15(21)6-3-9-18-16-12-4-1-2-5-14(12)24(22,23)20-16;/h1-2,4-5,11,13H,3,6-10,17H2,(H,18,20)(H,19,21);1H. The van der Waals surface area contributed by atoms with Crippen molar-refractivity contribution in [1.82, 2.24) is 10.0 Å². The summed E-state index contributed by atoms with van der Waals surface area (Å²) in [5.74, 6) is 0.868. The Morgan fingerprint density at radius 1 is 1.36 bits per heavy atom. The highest BCUT2D eigenvalue weighted by atomic mass is 35.5. The van der Waals surface area contributed by atoms with Crippen LogP contribution in [0.25, 0.3) is 0 Å². The van der Waals surface area contributed by atoms with E-state index in [1.807, 2.05) is 0 Å². The molecule has 1 unspecified atom stereocenters. The summed E-state index contributed by atoms with van der Waals surface area (Å²) in [6, 6.07) is 6.78. The first-order valence-electron chi connectivity index (χ1n) is 8.16. The van der Waals surface area contributed by atoms with E-state index in [0.717, 1.165) is 12.8 Å². The molecule has 1 saturated carbocycles. The second-order valence-corrected chi connectivity index (χ2v) is 7.89. The van der Waals surface area contributed by atoms with Gasteiger partial charge in [-0.1, -0.05) is 12.1 Å². The third-order valence-corrected chi connectivity index (χ3v) is 5.65. The highest BCUT2D eigenvalue weighted by Crippen LogP contribution is 2.31. The number of hydrogen-bond donors (Lipinski definition) is 3. The van der Waals surface area contributed by atoms with Gasteiger partial charge < -0.3 is 11.1 Å².